The minimum Gasteiger partial charge on any atom is -0.371 e. The molecule has 2 saturated heterocycles. The second-order valence-electron chi connectivity index (χ2n) is 8.30. The molecular weight excluding hydrogens is 464 g/mol. The summed E-state index contributed by atoms with van der Waals surface area (Å²) in [6.07, 6.45) is 8.21. The maximum absolute atomic E-state index is 12.6. The van der Waals surface area contributed by atoms with Crippen LogP contribution in [0.4, 0.5) is 14.5 Å². The van der Waals surface area contributed by atoms with Gasteiger partial charge in [0.2, 0.25) is 0 Å². The summed E-state index contributed by atoms with van der Waals surface area (Å²) in [6.45, 7) is 2.90. The molecule has 0 unspecified atom stereocenters. The lowest BCUT2D eigenvalue weighted by molar-refractivity contribution is 0.0980. The highest BCUT2D eigenvalue weighted by Crippen LogP contribution is 2.23. The third-order valence-corrected chi connectivity index (χ3v) is 7.39. The van der Waals surface area contributed by atoms with Crippen LogP contribution in [0.3, 0.4) is 0 Å². The van der Waals surface area contributed by atoms with Crippen molar-refractivity contribution in [2.24, 2.45) is 0 Å². The van der Waals surface area contributed by atoms with E-state index in [1.165, 1.54) is 10.5 Å². The minimum atomic E-state index is -3.82. The number of nitrogens with zero attached hydrogens (tertiary/aromatic N) is 4. The molecule has 2 aliphatic heterocycles. The number of pyridine rings is 1. The second kappa shape index (κ2) is 10.5. The van der Waals surface area contributed by atoms with Crippen molar-refractivity contribution in [2.45, 2.75) is 32.1 Å². The fourth-order valence-electron chi connectivity index (χ4n) is 4.09. The van der Waals surface area contributed by atoms with Crippen molar-refractivity contribution >= 4 is 27.3 Å². The number of amides is 1. The molecule has 2 aromatic heterocycles. The standard InChI is InChI=1S/C17H23N5O3S.C6H4F2/c23-17(19-26(24,25)21-9-2-1-3-10-21)15-13-18-22-11-6-14(12-16(15)22)20-7-4-5-8-20;7-5-1-2-6(8)4-3-5/h6,11-13H,1-5,7-10H2,(H,19,23);1-4H. The summed E-state index contributed by atoms with van der Waals surface area (Å²) < 4.78 is 53.9. The Balaban J connectivity index is 0.000000291. The van der Waals surface area contributed by atoms with Gasteiger partial charge in [-0.05, 0) is 62.1 Å². The maximum Gasteiger partial charge on any atom is 0.304 e. The molecule has 11 heteroatoms. The van der Waals surface area contributed by atoms with Gasteiger partial charge in [-0.15, -0.1) is 0 Å². The SMILES string of the molecule is Fc1ccc(F)cc1.O=C(NS(=O)(=O)N1CCCCC1)c1cnn2ccc(N3CCCC3)cc12. The minimum absolute atomic E-state index is 0.270. The van der Waals surface area contributed by atoms with E-state index in [2.05, 4.69) is 14.7 Å². The number of benzene rings is 1. The van der Waals surface area contributed by atoms with E-state index in [1.807, 2.05) is 12.1 Å². The second-order valence-corrected chi connectivity index (χ2v) is 9.97. The Hall–Kier alpha value is -3.05. The Morgan fingerprint density at radius 3 is 2.09 bits per heavy atom. The van der Waals surface area contributed by atoms with Gasteiger partial charge >= 0.3 is 10.2 Å². The third-order valence-electron chi connectivity index (χ3n) is 5.90. The van der Waals surface area contributed by atoms with Crippen LogP contribution in [-0.4, -0.2) is 54.4 Å². The maximum atomic E-state index is 12.6. The zero-order chi connectivity index (χ0) is 24.1. The molecule has 182 valence electrons. The fourth-order valence-corrected chi connectivity index (χ4v) is 5.30. The Morgan fingerprint density at radius 1 is 0.882 bits per heavy atom. The lowest BCUT2D eigenvalue weighted by atomic mass is 10.2. The molecule has 5 rings (SSSR count). The Bertz CT molecular complexity index is 1210. The highest BCUT2D eigenvalue weighted by Gasteiger charge is 2.27. The molecule has 1 aromatic carbocycles. The van der Waals surface area contributed by atoms with Crippen LogP contribution in [0.25, 0.3) is 5.52 Å². The van der Waals surface area contributed by atoms with E-state index in [1.54, 1.807) is 10.7 Å². The van der Waals surface area contributed by atoms with E-state index in [0.29, 0.717) is 18.6 Å². The first-order chi connectivity index (χ1) is 16.3. The molecule has 34 heavy (non-hydrogen) atoms. The smallest absolute Gasteiger partial charge is 0.304 e. The van der Waals surface area contributed by atoms with Gasteiger partial charge in [-0.2, -0.15) is 17.8 Å². The molecule has 0 saturated carbocycles. The number of carbonyl (C=O) groups excluding carboxylic acids is 1. The molecule has 1 N–H and O–H groups in total. The Kier molecular flexibility index (Phi) is 7.42. The number of rotatable bonds is 4. The topological polar surface area (TPSA) is 87.0 Å². The Labute approximate surface area is 197 Å². The van der Waals surface area contributed by atoms with Crippen LogP contribution in [0.1, 0.15) is 42.5 Å². The fraction of sp³-hybridized carbons (Fsp3) is 0.391. The molecular formula is C23H27F2N5O3S. The number of carbonyl (C=O) groups is 1. The van der Waals surface area contributed by atoms with Crippen molar-refractivity contribution in [1.29, 1.82) is 0 Å². The molecule has 0 bridgehead atoms. The number of aromatic nitrogens is 2. The summed E-state index contributed by atoms with van der Waals surface area (Å²) >= 11 is 0. The zero-order valence-corrected chi connectivity index (χ0v) is 19.5. The van der Waals surface area contributed by atoms with Gasteiger partial charge in [0.05, 0.1) is 17.3 Å². The number of nitrogens with one attached hydrogen (secondary N) is 1. The highest BCUT2D eigenvalue weighted by molar-refractivity contribution is 7.87. The van der Waals surface area contributed by atoms with Crippen LogP contribution in [-0.2, 0) is 10.2 Å². The third kappa shape index (κ3) is 5.71. The summed E-state index contributed by atoms with van der Waals surface area (Å²) in [4.78, 5) is 14.9. The summed E-state index contributed by atoms with van der Waals surface area (Å²) in [7, 11) is -3.82. The van der Waals surface area contributed by atoms with E-state index in [0.717, 1.165) is 75.1 Å². The van der Waals surface area contributed by atoms with Crippen LogP contribution in [0.5, 0.6) is 0 Å². The van der Waals surface area contributed by atoms with Crippen molar-refractivity contribution in [3.8, 4) is 0 Å². The van der Waals surface area contributed by atoms with Crippen LogP contribution in [0.2, 0.25) is 0 Å². The molecule has 8 nitrogen and oxygen atoms in total. The number of hydrogen-bond acceptors (Lipinski definition) is 5. The van der Waals surface area contributed by atoms with Gasteiger partial charge in [0, 0.05) is 38.1 Å². The highest BCUT2D eigenvalue weighted by atomic mass is 32.2. The van der Waals surface area contributed by atoms with Gasteiger partial charge in [0.25, 0.3) is 5.91 Å². The largest absolute Gasteiger partial charge is 0.371 e. The van der Waals surface area contributed by atoms with Gasteiger partial charge in [-0.1, -0.05) is 6.42 Å². The molecule has 2 fully saturated rings. The van der Waals surface area contributed by atoms with Crippen LogP contribution in [0, 0.1) is 11.6 Å². The van der Waals surface area contributed by atoms with Gasteiger partial charge in [0.1, 0.15) is 11.6 Å². The number of hydrogen-bond donors (Lipinski definition) is 1. The van der Waals surface area contributed by atoms with Gasteiger partial charge in [-0.25, -0.2) is 18.0 Å². The average Bonchev–Trinajstić information content (AvgIpc) is 3.51. The van der Waals surface area contributed by atoms with Crippen molar-refractivity contribution in [2.75, 3.05) is 31.1 Å². The summed E-state index contributed by atoms with van der Waals surface area (Å²) in [6, 6.07) is 8.19. The lowest BCUT2D eigenvalue weighted by Crippen LogP contribution is -2.45. The number of anilines is 1. The first-order valence-electron chi connectivity index (χ1n) is 11.3. The van der Waals surface area contributed by atoms with E-state index < -0.39 is 27.8 Å². The molecule has 4 heterocycles. The van der Waals surface area contributed by atoms with Gasteiger partial charge in [0.15, 0.2) is 0 Å². The van der Waals surface area contributed by atoms with Gasteiger partial charge < -0.3 is 4.90 Å². The number of halogens is 2. The normalized spacial score (nSPS) is 16.8. The lowest BCUT2D eigenvalue weighted by Gasteiger charge is -2.25. The quantitative estimate of drug-likeness (QED) is 0.605. The molecule has 0 aliphatic carbocycles. The van der Waals surface area contributed by atoms with Gasteiger partial charge in [-0.3, -0.25) is 4.79 Å². The summed E-state index contributed by atoms with van der Waals surface area (Å²) in [5.41, 5.74) is 1.91. The first-order valence-corrected chi connectivity index (χ1v) is 12.7. The predicted molar refractivity (Wildman–Crippen MR) is 125 cm³/mol. The van der Waals surface area contributed by atoms with Crippen molar-refractivity contribution < 1.29 is 22.0 Å². The average molecular weight is 492 g/mol. The van der Waals surface area contributed by atoms with E-state index in [4.69, 9.17) is 0 Å². The van der Waals surface area contributed by atoms with Crippen molar-refractivity contribution in [3.05, 3.63) is 66.0 Å². The number of piperidine rings is 1. The van der Waals surface area contributed by atoms with Crippen molar-refractivity contribution in [3.63, 3.8) is 0 Å². The number of fused-ring (bicyclic) bond motifs is 1. The summed E-state index contributed by atoms with van der Waals surface area (Å²) in [5, 5.41) is 4.18. The Morgan fingerprint density at radius 2 is 1.47 bits per heavy atom. The molecule has 0 spiro atoms. The van der Waals surface area contributed by atoms with Crippen molar-refractivity contribution in [1.82, 2.24) is 18.6 Å². The molecule has 0 radical (unpaired) electrons. The molecule has 3 aromatic rings. The molecule has 2 aliphatic rings. The zero-order valence-electron chi connectivity index (χ0n) is 18.7. The molecule has 0 atom stereocenters. The van der Waals surface area contributed by atoms with E-state index >= 15 is 0 Å². The van der Waals surface area contributed by atoms with E-state index in [9.17, 15) is 22.0 Å². The van der Waals surface area contributed by atoms with E-state index in [-0.39, 0.29) is 5.56 Å². The first kappa shape index (κ1) is 24.1. The molecule has 1 amide bonds. The summed E-state index contributed by atoms with van der Waals surface area (Å²) in [5.74, 6) is -1.46. The predicted octanol–water partition coefficient (Wildman–Crippen LogP) is 3.36. The van der Waals surface area contributed by atoms with Crippen LogP contribution in [0.15, 0.2) is 48.8 Å². The monoisotopic (exact) mass is 491 g/mol. The van der Waals surface area contributed by atoms with Crippen LogP contribution >= 0.6 is 0 Å². The van der Waals surface area contributed by atoms with Crippen LogP contribution < -0.4 is 9.62 Å².